The van der Waals surface area contributed by atoms with Crippen LogP contribution < -0.4 is 9.47 Å². The number of aliphatic hydroxyl groups excluding tert-OH is 2. The van der Waals surface area contributed by atoms with E-state index in [2.05, 4.69) is 0 Å². The zero-order valence-corrected chi connectivity index (χ0v) is 11.5. The van der Waals surface area contributed by atoms with Crippen molar-refractivity contribution >= 4 is 0 Å². The van der Waals surface area contributed by atoms with Gasteiger partial charge in [0.25, 0.3) is 0 Å². The molecule has 0 spiro atoms. The first-order valence-corrected chi connectivity index (χ1v) is 6.87. The van der Waals surface area contributed by atoms with Crippen molar-refractivity contribution in [1.29, 1.82) is 0 Å². The second-order valence-corrected chi connectivity index (χ2v) is 5.08. The lowest BCUT2D eigenvalue weighted by Gasteiger charge is -2.23. The lowest BCUT2D eigenvalue weighted by atomic mass is 9.92. The molecule has 0 amide bonds. The Morgan fingerprint density at radius 1 is 1.11 bits per heavy atom. The van der Waals surface area contributed by atoms with Gasteiger partial charge in [0.2, 0.25) is 0 Å². The summed E-state index contributed by atoms with van der Waals surface area (Å²) < 4.78 is 11.0. The number of hydrogen-bond donors (Lipinski definition) is 2. The zero-order valence-electron chi connectivity index (χ0n) is 11.5. The third kappa shape index (κ3) is 3.39. The van der Waals surface area contributed by atoms with E-state index in [0.29, 0.717) is 26.1 Å². The second kappa shape index (κ2) is 6.26. The second-order valence-electron chi connectivity index (χ2n) is 5.08. The third-order valence-electron chi connectivity index (χ3n) is 3.59. The van der Waals surface area contributed by atoms with Gasteiger partial charge in [-0.3, -0.25) is 0 Å². The summed E-state index contributed by atoms with van der Waals surface area (Å²) in [5, 5.41) is 19.5. The van der Waals surface area contributed by atoms with E-state index in [1.807, 2.05) is 32.0 Å². The number of rotatable bonds is 5. The first kappa shape index (κ1) is 14.2. The fourth-order valence-corrected chi connectivity index (χ4v) is 2.29. The fraction of sp³-hybridized carbons (Fsp3) is 0.600. The molecule has 1 aliphatic heterocycles. The van der Waals surface area contributed by atoms with E-state index in [9.17, 15) is 10.2 Å². The number of aliphatic hydroxyl groups is 2. The molecule has 2 N–H and O–H groups in total. The van der Waals surface area contributed by atoms with Crippen LogP contribution in [0.1, 0.15) is 38.2 Å². The van der Waals surface area contributed by atoms with Gasteiger partial charge in [0, 0.05) is 0 Å². The molecule has 106 valence electrons. The first-order valence-electron chi connectivity index (χ1n) is 6.87. The quantitative estimate of drug-likeness (QED) is 0.856. The van der Waals surface area contributed by atoms with Gasteiger partial charge in [0.05, 0.1) is 12.2 Å². The van der Waals surface area contributed by atoms with Crippen LogP contribution in [0, 0.1) is 0 Å². The van der Waals surface area contributed by atoms with Gasteiger partial charge in [-0.25, -0.2) is 0 Å². The highest BCUT2D eigenvalue weighted by molar-refractivity contribution is 5.44. The molecule has 0 saturated heterocycles. The van der Waals surface area contributed by atoms with Gasteiger partial charge >= 0.3 is 0 Å². The maximum absolute atomic E-state index is 9.88. The monoisotopic (exact) mass is 266 g/mol. The predicted molar refractivity (Wildman–Crippen MR) is 72.8 cm³/mol. The molecular formula is C15H22O4. The van der Waals surface area contributed by atoms with E-state index in [1.54, 1.807) is 0 Å². The smallest absolute Gasteiger partial charge is 0.161 e. The van der Waals surface area contributed by atoms with Crippen molar-refractivity contribution in [3.05, 3.63) is 23.8 Å². The van der Waals surface area contributed by atoms with Crippen LogP contribution in [0.2, 0.25) is 0 Å². The van der Waals surface area contributed by atoms with Crippen LogP contribution in [0.15, 0.2) is 18.2 Å². The van der Waals surface area contributed by atoms with E-state index in [1.165, 1.54) is 0 Å². The average Bonchev–Trinajstić information content (AvgIpc) is 2.45. The maximum Gasteiger partial charge on any atom is 0.161 e. The Morgan fingerprint density at radius 2 is 1.79 bits per heavy atom. The Balaban J connectivity index is 2.05. The maximum atomic E-state index is 9.88. The molecule has 1 heterocycles. The molecule has 0 fully saturated rings. The van der Waals surface area contributed by atoms with E-state index >= 15 is 0 Å². The summed E-state index contributed by atoms with van der Waals surface area (Å²) in [4.78, 5) is 0. The molecule has 2 rings (SSSR count). The molecule has 4 nitrogen and oxygen atoms in total. The van der Waals surface area contributed by atoms with Gasteiger partial charge in [-0.2, -0.15) is 0 Å². The average molecular weight is 266 g/mol. The van der Waals surface area contributed by atoms with Gasteiger partial charge < -0.3 is 19.7 Å². The summed E-state index contributed by atoms with van der Waals surface area (Å²) in [5.41, 5.74) is 1.09. The van der Waals surface area contributed by atoms with Gasteiger partial charge in [0.15, 0.2) is 11.5 Å². The summed E-state index contributed by atoms with van der Waals surface area (Å²) in [6.07, 6.45) is -0.239. The van der Waals surface area contributed by atoms with Crippen LogP contribution in [0.3, 0.4) is 0 Å². The summed E-state index contributed by atoms with van der Waals surface area (Å²) in [6, 6.07) is 5.86. The minimum Gasteiger partial charge on any atom is -0.486 e. The van der Waals surface area contributed by atoms with Crippen LogP contribution in [0.5, 0.6) is 11.5 Å². The molecule has 0 saturated carbocycles. The molecule has 4 heteroatoms. The summed E-state index contributed by atoms with van der Waals surface area (Å²) in [6.45, 7) is 5.06. The molecular weight excluding hydrogens is 244 g/mol. The van der Waals surface area contributed by atoms with Crippen molar-refractivity contribution in [1.82, 2.24) is 0 Å². The van der Waals surface area contributed by atoms with Crippen LogP contribution in [0.25, 0.3) is 0 Å². The molecule has 1 aromatic rings. The van der Waals surface area contributed by atoms with Gasteiger partial charge in [0.1, 0.15) is 13.2 Å². The third-order valence-corrected chi connectivity index (χ3v) is 3.59. The molecule has 1 aromatic carbocycles. The molecule has 0 radical (unpaired) electrons. The molecule has 3 unspecified atom stereocenters. The highest BCUT2D eigenvalue weighted by Crippen LogP contribution is 2.34. The van der Waals surface area contributed by atoms with E-state index < -0.39 is 12.2 Å². The fourth-order valence-electron chi connectivity index (χ4n) is 2.29. The van der Waals surface area contributed by atoms with Crippen molar-refractivity contribution < 1.29 is 19.7 Å². The summed E-state index contributed by atoms with van der Waals surface area (Å²) in [7, 11) is 0. The van der Waals surface area contributed by atoms with Crippen LogP contribution in [0.4, 0.5) is 0 Å². The van der Waals surface area contributed by atoms with Crippen molar-refractivity contribution in [2.24, 2.45) is 0 Å². The Labute approximate surface area is 114 Å². The van der Waals surface area contributed by atoms with Crippen molar-refractivity contribution in [3.8, 4) is 11.5 Å². The SMILES string of the molecule is CCC(O)C(O)CC(C)c1ccc2c(c1)OCCO2. The Kier molecular flexibility index (Phi) is 4.66. The van der Waals surface area contributed by atoms with Gasteiger partial charge in [-0.1, -0.05) is 19.9 Å². The first-order chi connectivity index (χ1) is 9.11. The molecule has 19 heavy (non-hydrogen) atoms. The predicted octanol–water partition coefficient (Wildman–Crippen LogP) is 2.08. The standard InChI is InChI=1S/C15H22O4/c1-3-12(16)13(17)8-10(2)11-4-5-14-15(9-11)19-7-6-18-14/h4-5,9-10,12-13,16-17H,3,6-8H2,1-2H3. The zero-order chi connectivity index (χ0) is 13.8. The Hall–Kier alpha value is -1.26. The number of hydrogen-bond acceptors (Lipinski definition) is 4. The van der Waals surface area contributed by atoms with E-state index in [0.717, 1.165) is 17.1 Å². The summed E-state index contributed by atoms with van der Waals surface area (Å²) in [5.74, 6) is 1.70. The van der Waals surface area contributed by atoms with Crippen LogP contribution in [-0.2, 0) is 0 Å². The lowest BCUT2D eigenvalue weighted by molar-refractivity contribution is 0.00951. The highest BCUT2D eigenvalue weighted by Gasteiger charge is 2.20. The number of benzene rings is 1. The summed E-state index contributed by atoms with van der Waals surface area (Å²) >= 11 is 0. The topological polar surface area (TPSA) is 58.9 Å². The molecule has 3 atom stereocenters. The normalized spacial score (nSPS) is 18.7. The van der Waals surface area contributed by atoms with E-state index in [-0.39, 0.29) is 5.92 Å². The molecule has 0 aliphatic carbocycles. The van der Waals surface area contributed by atoms with Crippen LogP contribution in [-0.4, -0.2) is 35.6 Å². The Morgan fingerprint density at radius 3 is 2.47 bits per heavy atom. The Bertz CT molecular complexity index is 419. The highest BCUT2D eigenvalue weighted by atomic mass is 16.6. The molecule has 1 aliphatic rings. The van der Waals surface area contributed by atoms with E-state index in [4.69, 9.17) is 9.47 Å². The molecule has 0 aromatic heterocycles. The van der Waals surface area contributed by atoms with Gasteiger partial charge in [-0.05, 0) is 36.5 Å². The van der Waals surface area contributed by atoms with Gasteiger partial charge in [-0.15, -0.1) is 0 Å². The number of fused-ring (bicyclic) bond motifs is 1. The lowest BCUT2D eigenvalue weighted by Crippen LogP contribution is -2.26. The molecule has 0 bridgehead atoms. The largest absolute Gasteiger partial charge is 0.486 e. The van der Waals surface area contributed by atoms with Crippen molar-refractivity contribution in [2.45, 2.75) is 44.8 Å². The van der Waals surface area contributed by atoms with Crippen LogP contribution >= 0.6 is 0 Å². The number of ether oxygens (including phenoxy) is 2. The van der Waals surface area contributed by atoms with Crippen molar-refractivity contribution in [3.63, 3.8) is 0 Å². The van der Waals surface area contributed by atoms with Crippen molar-refractivity contribution in [2.75, 3.05) is 13.2 Å². The minimum absolute atomic E-state index is 0.159. The minimum atomic E-state index is -0.687.